The maximum atomic E-state index is 12.5. The molecule has 0 radical (unpaired) electrons. The first-order chi connectivity index (χ1) is 12.0. The van der Waals surface area contributed by atoms with E-state index in [2.05, 4.69) is 10.3 Å². The molecule has 1 atom stereocenters. The van der Waals surface area contributed by atoms with Gasteiger partial charge < -0.3 is 15.8 Å². The van der Waals surface area contributed by atoms with Gasteiger partial charge in [-0.1, -0.05) is 24.3 Å². The second kappa shape index (κ2) is 8.58. The van der Waals surface area contributed by atoms with Gasteiger partial charge in [-0.05, 0) is 25.5 Å². The summed E-state index contributed by atoms with van der Waals surface area (Å²) in [6.45, 7) is 1.95. The van der Waals surface area contributed by atoms with Crippen LogP contribution in [0.15, 0.2) is 48.7 Å². The van der Waals surface area contributed by atoms with Gasteiger partial charge in [0.1, 0.15) is 6.04 Å². The van der Waals surface area contributed by atoms with Crippen molar-refractivity contribution in [3.8, 4) is 0 Å². The number of rotatable bonds is 7. The van der Waals surface area contributed by atoms with Crippen LogP contribution in [0.25, 0.3) is 10.9 Å². The number of fused-ring (bicyclic) bond motifs is 1. The van der Waals surface area contributed by atoms with Crippen LogP contribution in [-0.2, 0) is 14.3 Å². The Hall–Kier alpha value is -3.22. The molecule has 0 saturated carbocycles. The van der Waals surface area contributed by atoms with E-state index in [0.29, 0.717) is 16.5 Å². The van der Waals surface area contributed by atoms with Crippen molar-refractivity contribution in [3.63, 3.8) is 0 Å². The predicted octanol–water partition coefficient (Wildman–Crippen LogP) is 1.33. The molecule has 1 aromatic carbocycles. The third kappa shape index (κ3) is 4.87. The van der Waals surface area contributed by atoms with E-state index in [4.69, 9.17) is 10.5 Å². The number of hydrogen-bond acceptors (Lipinski definition) is 5. The van der Waals surface area contributed by atoms with Crippen LogP contribution in [0.5, 0.6) is 0 Å². The normalized spacial score (nSPS) is 12.0. The van der Waals surface area contributed by atoms with Crippen LogP contribution in [0.3, 0.4) is 0 Å². The van der Waals surface area contributed by atoms with Crippen LogP contribution >= 0.6 is 0 Å². The molecule has 0 bridgehead atoms. The van der Waals surface area contributed by atoms with E-state index in [1.165, 1.54) is 18.3 Å². The number of amides is 2. The Morgan fingerprint density at radius 3 is 2.76 bits per heavy atom. The quantitative estimate of drug-likeness (QED) is 0.583. The fourth-order valence-electron chi connectivity index (χ4n) is 2.27. The zero-order chi connectivity index (χ0) is 18.2. The second-order valence-corrected chi connectivity index (χ2v) is 5.19. The third-order valence-corrected chi connectivity index (χ3v) is 3.45. The number of benzene rings is 1. The highest BCUT2D eigenvalue weighted by atomic mass is 16.5. The monoisotopic (exact) mass is 341 g/mol. The average Bonchev–Trinajstić information content (AvgIpc) is 2.60. The Kier molecular flexibility index (Phi) is 6.22. The molecule has 2 amide bonds. The number of esters is 1. The van der Waals surface area contributed by atoms with E-state index in [-0.39, 0.29) is 13.0 Å². The highest BCUT2D eigenvalue weighted by Gasteiger charge is 2.19. The molecule has 7 nitrogen and oxygen atoms in total. The van der Waals surface area contributed by atoms with Crippen LogP contribution < -0.4 is 11.1 Å². The molecule has 0 unspecified atom stereocenters. The largest absolute Gasteiger partial charge is 0.463 e. The van der Waals surface area contributed by atoms with Crippen molar-refractivity contribution in [2.45, 2.75) is 19.4 Å². The van der Waals surface area contributed by atoms with Gasteiger partial charge in [0.25, 0.3) is 5.91 Å². The van der Waals surface area contributed by atoms with Gasteiger partial charge in [0.05, 0.1) is 17.7 Å². The molecule has 2 rings (SSSR count). The van der Waals surface area contributed by atoms with Crippen molar-refractivity contribution in [1.82, 2.24) is 10.3 Å². The van der Waals surface area contributed by atoms with Crippen molar-refractivity contribution in [2.24, 2.45) is 5.73 Å². The van der Waals surface area contributed by atoms with E-state index >= 15 is 0 Å². The van der Waals surface area contributed by atoms with E-state index in [1.807, 2.05) is 6.07 Å². The zero-order valence-corrected chi connectivity index (χ0v) is 13.8. The molecular formula is C18H19N3O4. The number of nitrogens with zero attached hydrogens (tertiary/aromatic N) is 1. The lowest BCUT2D eigenvalue weighted by atomic mass is 10.1. The van der Waals surface area contributed by atoms with Gasteiger partial charge in [-0.25, -0.2) is 4.79 Å². The van der Waals surface area contributed by atoms with Gasteiger partial charge in [0.15, 0.2) is 0 Å². The third-order valence-electron chi connectivity index (χ3n) is 3.45. The highest BCUT2D eigenvalue weighted by molar-refractivity contribution is 6.07. The summed E-state index contributed by atoms with van der Waals surface area (Å²) in [5.74, 6) is -1.65. The summed E-state index contributed by atoms with van der Waals surface area (Å²) in [5.41, 5.74) is 6.40. The van der Waals surface area contributed by atoms with Crippen molar-refractivity contribution in [2.75, 3.05) is 6.61 Å². The smallest absolute Gasteiger partial charge is 0.330 e. The number of primary amides is 1. The minimum atomic E-state index is -0.940. The number of hydrogen-bond donors (Lipinski definition) is 2. The second-order valence-electron chi connectivity index (χ2n) is 5.19. The van der Waals surface area contributed by atoms with Crippen molar-refractivity contribution < 1.29 is 19.1 Å². The fraction of sp³-hybridized carbons (Fsp3) is 0.222. The van der Waals surface area contributed by atoms with Gasteiger partial charge in [0.2, 0.25) is 5.91 Å². The van der Waals surface area contributed by atoms with Crippen molar-refractivity contribution >= 4 is 28.7 Å². The van der Waals surface area contributed by atoms with E-state index in [0.717, 1.165) is 0 Å². The van der Waals surface area contributed by atoms with Crippen LogP contribution in [0, 0.1) is 0 Å². The molecule has 0 aliphatic heterocycles. The number of nitrogens with two attached hydrogens (primary N) is 1. The maximum Gasteiger partial charge on any atom is 0.330 e. The molecule has 2 aromatic rings. The number of para-hydroxylation sites is 1. The maximum absolute atomic E-state index is 12.5. The topological polar surface area (TPSA) is 111 Å². The number of carbonyl (C=O) groups excluding carboxylic acids is 3. The van der Waals surface area contributed by atoms with Gasteiger partial charge in [-0.2, -0.15) is 0 Å². The molecule has 1 aromatic heterocycles. The Labute approximate surface area is 144 Å². The van der Waals surface area contributed by atoms with E-state index in [9.17, 15) is 14.4 Å². The SMILES string of the molecule is CCOC(=O)/C=C/C[C@H](NC(=O)c1ccnc2ccccc12)C(N)=O. The molecule has 0 spiro atoms. The minimum absolute atomic E-state index is 0.0862. The Bertz CT molecular complexity index is 812. The first-order valence-electron chi connectivity index (χ1n) is 7.80. The molecular weight excluding hydrogens is 322 g/mol. The number of ether oxygens (including phenoxy) is 1. The standard InChI is InChI=1S/C18H19N3O4/c1-2-25-16(22)9-5-8-15(17(19)23)21-18(24)13-10-11-20-14-7-4-3-6-12(13)14/h3-7,9-11,15H,2,8H2,1H3,(H2,19,23)(H,21,24)/b9-5+/t15-/m0/s1. The highest BCUT2D eigenvalue weighted by Crippen LogP contribution is 2.16. The molecule has 0 aliphatic rings. The lowest BCUT2D eigenvalue weighted by Gasteiger charge is -2.14. The number of pyridine rings is 1. The van der Waals surface area contributed by atoms with Crippen LogP contribution in [-0.4, -0.2) is 35.4 Å². The fourth-order valence-corrected chi connectivity index (χ4v) is 2.27. The summed E-state index contributed by atoms with van der Waals surface area (Å²) < 4.78 is 4.75. The molecule has 0 aliphatic carbocycles. The van der Waals surface area contributed by atoms with Crippen molar-refractivity contribution in [3.05, 3.63) is 54.2 Å². The predicted molar refractivity (Wildman–Crippen MR) is 92.6 cm³/mol. The summed E-state index contributed by atoms with van der Waals surface area (Å²) >= 11 is 0. The number of nitrogens with one attached hydrogen (secondary N) is 1. The summed E-state index contributed by atoms with van der Waals surface area (Å²) in [4.78, 5) is 39.5. The minimum Gasteiger partial charge on any atom is -0.463 e. The molecule has 3 N–H and O–H groups in total. The zero-order valence-electron chi connectivity index (χ0n) is 13.8. The number of aromatic nitrogens is 1. The van der Waals surface area contributed by atoms with Gasteiger partial charge in [-0.15, -0.1) is 0 Å². The van der Waals surface area contributed by atoms with Gasteiger partial charge in [0, 0.05) is 17.7 Å². The number of carbonyl (C=O) groups is 3. The first kappa shape index (κ1) is 18.1. The lowest BCUT2D eigenvalue weighted by molar-refractivity contribution is -0.137. The van der Waals surface area contributed by atoms with E-state index in [1.54, 1.807) is 31.2 Å². The summed E-state index contributed by atoms with van der Waals surface area (Å²) in [7, 11) is 0. The Balaban J connectivity index is 2.12. The van der Waals surface area contributed by atoms with Gasteiger partial charge in [-0.3, -0.25) is 14.6 Å². The van der Waals surface area contributed by atoms with Crippen LogP contribution in [0.1, 0.15) is 23.7 Å². The summed E-state index contributed by atoms with van der Waals surface area (Å²) in [5, 5.41) is 3.26. The Morgan fingerprint density at radius 1 is 1.28 bits per heavy atom. The van der Waals surface area contributed by atoms with Crippen LogP contribution in [0.4, 0.5) is 0 Å². The van der Waals surface area contributed by atoms with Crippen molar-refractivity contribution in [1.29, 1.82) is 0 Å². The van der Waals surface area contributed by atoms with Crippen LogP contribution in [0.2, 0.25) is 0 Å². The lowest BCUT2D eigenvalue weighted by Crippen LogP contribution is -2.44. The first-order valence-corrected chi connectivity index (χ1v) is 7.80. The molecule has 7 heteroatoms. The summed E-state index contributed by atoms with van der Waals surface area (Å²) in [6, 6.07) is 7.82. The Morgan fingerprint density at radius 2 is 2.04 bits per heavy atom. The molecule has 25 heavy (non-hydrogen) atoms. The average molecular weight is 341 g/mol. The molecule has 130 valence electrons. The molecule has 1 heterocycles. The van der Waals surface area contributed by atoms with E-state index < -0.39 is 23.8 Å². The molecule has 0 fully saturated rings. The summed E-state index contributed by atoms with van der Waals surface area (Å²) in [6.07, 6.45) is 4.26. The molecule has 0 saturated heterocycles. The van der Waals surface area contributed by atoms with Gasteiger partial charge >= 0.3 is 5.97 Å².